The zero-order chi connectivity index (χ0) is 23.7. The van der Waals surface area contributed by atoms with Crippen molar-refractivity contribution in [3.63, 3.8) is 0 Å². The topological polar surface area (TPSA) is 58.7 Å². The largest absolute Gasteiger partial charge is 0.508 e. The van der Waals surface area contributed by atoms with Crippen molar-refractivity contribution in [3.8, 4) is 45.2 Å². The maximum absolute atomic E-state index is 9.99. The van der Waals surface area contributed by atoms with E-state index in [1.54, 1.807) is 6.07 Å². The number of phenols is 1. The highest BCUT2D eigenvalue weighted by Crippen LogP contribution is 2.43. The highest BCUT2D eigenvalue weighted by molar-refractivity contribution is 6.33. The number of ether oxygens (including phenoxy) is 1. The van der Waals surface area contributed by atoms with Gasteiger partial charge < -0.3 is 14.4 Å². The van der Waals surface area contributed by atoms with Crippen LogP contribution in [0.25, 0.3) is 33.7 Å². The first-order valence-corrected chi connectivity index (χ1v) is 11.9. The van der Waals surface area contributed by atoms with Gasteiger partial charge in [0, 0.05) is 24.2 Å². The van der Waals surface area contributed by atoms with Crippen molar-refractivity contribution >= 4 is 11.6 Å². The minimum atomic E-state index is 0.238. The number of hydrogen-bond donors (Lipinski definition) is 1. The number of rotatable bonds is 7. The second-order valence-electron chi connectivity index (χ2n) is 8.74. The zero-order valence-corrected chi connectivity index (χ0v) is 20.0. The summed E-state index contributed by atoms with van der Waals surface area (Å²) in [6.07, 6.45) is 1.40. The van der Waals surface area contributed by atoms with E-state index in [4.69, 9.17) is 20.9 Å². The molecule has 0 spiro atoms. The molecule has 6 heteroatoms. The van der Waals surface area contributed by atoms with E-state index in [1.807, 2.05) is 67.6 Å². The van der Waals surface area contributed by atoms with Crippen molar-refractivity contribution in [2.24, 2.45) is 0 Å². The van der Waals surface area contributed by atoms with Gasteiger partial charge in [-0.1, -0.05) is 54.0 Å². The molecule has 2 heterocycles. The number of halogens is 1. The molecule has 0 radical (unpaired) electrons. The molecule has 3 aromatic carbocycles. The smallest absolute Gasteiger partial charge is 0.175 e. The van der Waals surface area contributed by atoms with E-state index in [0.717, 1.165) is 59.6 Å². The molecule has 0 unspecified atom stereocenters. The van der Waals surface area contributed by atoms with Gasteiger partial charge >= 0.3 is 0 Å². The van der Waals surface area contributed by atoms with Gasteiger partial charge in [-0.3, -0.25) is 4.90 Å². The van der Waals surface area contributed by atoms with E-state index in [2.05, 4.69) is 17.0 Å². The SMILES string of the molecule is CCCN1CC(Oc2ccc(-c3c(-c4ccccc4Cl)noc3-c3ccc(O)c(C)c3)cc2)C1. The third kappa shape index (κ3) is 4.41. The zero-order valence-electron chi connectivity index (χ0n) is 19.3. The Bertz CT molecular complexity index is 1290. The van der Waals surface area contributed by atoms with Gasteiger partial charge in [0.25, 0.3) is 0 Å². The van der Waals surface area contributed by atoms with Crippen LogP contribution in [-0.4, -0.2) is 40.9 Å². The Morgan fingerprint density at radius 3 is 2.50 bits per heavy atom. The van der Waals surface area contributed by atoms with E-state index in [9.17, 15) is 5.11 Å². The van der Waals surface area contributed by atoms with Gasteiger partial charge in [0.2, 0.25) is 0 Å². The van der Waals surface area contributed by atoms with Crippen LogP contribution in [-0.2, 0) is 0 Å². The van der Waals surface area contributed by atoms with Gasteiger partial charge in [-0.15, -0.1) is 0 Å². The molecule has 5 nitrogen and oxygen atoms in total. The predicted octanol–water partition coefficient (Wildman–Crippen LogP) is 6.82. The van der Waals surface area contributed by atoms with Crippen molar-refractivity contribution in [1.29, 1.82) is 0 Å². The summed E-state index contributed by atoms with van der Waals surface area (Å²) in [6.45, 7) is 7.13. The van der Waals surface area contributed by atoms with Crippen molar-refractivity contribution in [1.82, 2.24) is 10.1 Å². The molecule has 0 bridgehead atoms. The maximum atomic E-state index is 9.99. The quantitative estimate of drug-likeness (QED) is 0.318. The Morgan fingerprint density at radius 2 is 1.79 bits per heavy atom. The summed E-state index contributed by atoms with van der Waals surface area (Å²) in [5, 5.41) is 15.0. The fraction of sp³-hybridized carbons (Fsp3) is 0.250. The third-order valence-electron chi connectivity index (χ3n) is 6.19. The highest BCUT2D eigenvalue weighted by atomic mass is 35.5. The van der Waals surface area contributed by atoms with Gasteiger partial charge in [-0.2, -0.15) is 0 Å². The first-order chi connectivity index (χ1) is 16.5. The summed E-state index contributed by atoms with van der Waals surface area (Å²) in [4.78, 5) is 2.40. The molecule has 1 N–H and O–H groups in total. The van der Waals surface area contributed by atoms with Gasteiger partial charge in [-0.05, 0) is 67.4 Å². The molecule has 1 aliphatic rings. The number of aromatic nitrogens is 1. The molecule has 174 valence electrons. The van der Waals surface area contributed by atoms with Crippen LogP contribution in [0, 0.1) is 6.92 Å². The first kappa shape index (κ1) is 22.5. The summed E-state index contributed by atoms with van der Waals surface area (Å²) < 4.78 is 12.0. The maximum Gasteiger partial charge on any atom is 0.175 e. The van der Waals surface area contributed by atoms with Crippen LogP contribution in [0.4, 0.5) is 0 Å². The molecule has 0 saturated carbocycles. The van der Waals surface area contributed by atoms with E-state index in [1.165, 1.54) is 0 Å². The van der Waals surface area contributed by atoms with Crippen LogP contribution in [0.15, 0.2) is 71.3 Å². The van der Waals surface area contributed by atoms with E-state index in [-0.39, 0.29) is 11.9 Å². The molecule has 1 fully saturated rings. The Balaban J connectivity index is 1.51. The average Bonchev–Trinajstić information content (AvgIpc) is 3.25. The Labute approximate surface area is 204 Å². The van der Waals surface area contributed by atoms with Crippen LogP contribution >= 0.6 is 11.6 Å². The standard InChI is InChI=1S/C28H27ClN2O3/c1-3-14-31-16-22(17-31)33-21-11-8-19(9-12-21)26-27(23-6-4-5-7-24(23)29)30-34-28(26)20-10-13-25(32)18(2)15-20/h4-13,15,22,32H,3,14,16-17H2,1-2H3. The molecule has 0 amide bonds. The Kier molecular flexibility index (Phi) is 6.31. The lowest BCUT2D eigenvalue weighted by Gasteiger charge is -2.38. The number of hydrogen-bond acceptors (Lipinski definition) is 5. The Morgan fingerprint density at radius 1 is 1.06 bits per heavy atom. The molecular weight excluding hydrogens is 448 g/mol. The van der Waals surface area contributed by atoms with Gasteiger partial charge in [0.05, 0.1) is 10.6 Å². The van der Waals surface area contributed by atoms with Gasteiger partial charge in [0.15, 0.2) is 5.76 Å². The van der Waals surface area contributed by atoms with Crippen LogP contribution in [0.2, 0.25) is 5.02 Å². The minimum Gasteiger partial charge on any atom is -0.508 e. The fourth-order valence-corrected chi connectivity index (χ4v) is 4.60. The van der Waals surface area contributed by atoms with Gasteiger partial charge in [-0.25, -0.2) is 0 Å². The average molecular weight is 475 g/mol. The number of likely N-dealkylation sites (tertiary alicyclic amines) is 1. The van der Waals surface area contributed by atoms with Crippen LogP contribution < -0.4 is 4.74 Å². The molecule has 5 rings (SSSR count). The van der Waals surface area contributed by atoms with Crippen molar-refractivity contribution in [2.75, 3.05) is 19.6 Å². The summed E-state index contributed by atoms with van der Waals surface area (Å²) in [7, 11) is 0. The highest BCUT2D eigenvalue weighted by Gasteiger charge is 2.28. The first-order valence-electron chi connectivity index (χ1n) is 11.6. The monoisotopic (exact) mass is 474 g/mol. The summed E-state index contributed by atoms with van der Waals surface area (Å²) in [5.74, 6) is 1.72. The third-order valence-corrected chi connectivity index (χ3v) is 6.52. The predicted molar refractivity (Wildman–Crippen MR) is 135 cm³/mol. The van der Waals surface area contributed by atoms with Crippen LogP contribution in [0.1, 0.15) is 18.9 Å². The second-order valence-corrected chi connectivity index (χ2v) is 9.15. The summed E-state index contributed by atoms with van der Waals surface area (Å²) in [6, 6.07) is 21.0. The van der Waals surface area contributed by atoms with E-state index >= 15 is 0 Å². The molecule has 1 saturated heterocycles. The lowest BCUT2D eigenvalue weighted by Crippen LogP contribution is -2.53. The van der Waals surface area contributed by atoms with Crippen LogP contribution in [0.5, 0.6) is 11.5 Å². The molecule has 1 aromatic heterocycles. The summed E-state index contributed by atoms with van der Waals surface area (Å²) in [5.41, 5.74) is 4.88. The number of phenolic OH excluding ortho intramolecular Hbond substituents is 1. The number of aromatic hydroxyl groups is 1. The van der Waals surface area contributed by atoms with Crippen molar-refractivity contribution in [3.05, 3.63) is 77.3 Å². The Hall–Kier alpha value is -3.28. The summed E-state index contributed by atoms with van der Waals surface area (Å²) >= 11 is 6.52. The number of nitrogens with zero attached hydrogens (tertiary/aromatic N) is 2. The number of benzene rings is 3. The molecule has 0 aliphatic carbocycles. The fourth-order valence-electron chi connectivity index (χ4n) is 4.38. The van der Waals surface area contributed by atoms with E-state index < -0.39 is 0 Å². The molecular formula is C28H27ClN2O3. The van der Waals surface area contributed by atoms with Crippen molar-refractivity contribution < 1.29 is 14.4 Å². The minimum absolute atomic E-state index is 0.238. The van der Waals surface area contributed by atoms with Gasteiger partial charge in [0.1, 0.15) is 23.3 Å². The second kappa shape index (κ2) is 9.53. The molecule has 34 heavy (non-hydrogen) atoms. The number of aryl methyl sites for hydroxylation is 1. The lowest BCUT2D eigenvalue weighted by atomic mass is 9.95. The molecule has 0 atom stereocenters. The van der Waals surface area contributed by atoms with Crippen LogP contribution in [0.3, 0.4) is 0 Å². The molecule has 1 aliphatic heterocycles. The van der Waals surface area contributed by atoms with Crippen molar-refractivity contribution in [2.45, 2.75) is 26.4 Å². The lowest BCUT2D eigenvalue weighted by molar-refractivity contribution is 0.0203. The normalized spacial score (nSPS) is 14.2. The molecule has 4 aromatic rings. The van der Waals surface area contributed by atoms with E-state index in [0.29, 0.717) is 16.5 Å².